The normalized spacial score (nSPS) is 10.2. The molecule has 0 aliphatic rings. The Morgan fingerprint density at radius 3 is 2.54 bits per heavy atom. The molecular weight excluding hydrogens is 168 g/mol. The lowest BCUT2D eigenvalue weighted by atomic mass is 10.2. The van der Waals surface area contributed by atoms with Gasteiger partial charge in [-0.2, -0.15) is 0 Å². The third-order valence-electron chi connectivity index (χ3n) is 1.39. The summed E-state index contributed by atoms with van der Waals surface area (Å²) in [4.78, 5) is 10.4. The van der Waals surface area contributed by atoms with Gasteiger partial charge in [-0.05, 0) is 23.8 Å². The van der Waals surface area contributed by atoms with Crippen LogP contribution in [0.3, 0.4) is 0 Å². The number of benzene rings is 1. The Morgan fingerprint density at radius 2 is 2.00 bits per heavy atom. The Hall–Kier alpha value is -1.77. The highest BCUT2D eigenvalue weighted by atomic mass is 16.5. The lowest BCUT2D eigenvalue weighted by Crippen LogP contribution is -1.88. The Kier molecular flexibility index (Phi) is 3.09. The number of carbonyl (C=O) groups excluding carboxylic acids is 1. The molecule has 0 aliphatic carbocycles. The van der Waals surface area contributed by atoms with E-state index >= 15 is 0 Å². The number of rotatable bonds is 2. The van der Waals surface area contributed by atoms with E-state index in [1.807, 2.05) is 0 Å². The number of phenols is 1. The van der Waals surface area contributed by atoms with Gasteiger partial charge in [-0.3, -0.25) is 4.79 Å². The molecule has 3 heteroatoms. The predicted octanol–water partition coefficient (Wildman–Crippen LogP) is 1.93. The molecule has 0 heterocycles. The summed E-state index contributed by atoms with van der Waals surface area (Å²) in [7, 11) is 0. The maximum absolute atomic E-state index is 10.4. The van der Waals surface area contributed by atoms with Gasteiger partial charge in [0.05, 0.1) is 6.26 Å². The molecule has 0 radical (unpaired) electrons. The molecule has 0 fully saturated rings. The first-order chi connectivity index (χ1) is 6.18. The van der Waals surface area contributed by atoms with Gasteiger partial charge in [-0.25, -0.2) is 0 Å². The molecule has 0 spiro atoms. The number of esters is 1. The van der Waals surface area contributed by atoms with Crippen molar-refractivity contribution in [1.29, 1.82) is 0 Å². The zero-order valence-corrected chi connectivity index (χ0v) is 7.23. The molecule has 13 heavy (non-hydrogen) atoms. The summed E-state index contributed by atoms with van der Waals surface area (Å²) < 4.78 is 4.59. The van der Waals surface area contributed by atoms with Crippen LogP contribution < -0.4 is 0 Å². The molecule has 0 aliphatic heterocycles. The van der Waals surface area contributed by atoms with Crippen molar-refractivity contribution < 1.29 is 14.6 Å². The fourth-order valence-electron chi connectivity index (χ4n) is 0.794. The van der Waals surface area contributed by atoms with E-state index in [0.29, 0.717) is 0 Å². The third kappa shape index (κ3) is 3.42. The van der Waals surface area contributed by atoms with Crippen molar-refractivity contribution in [3.05, 3.63) is 36.1 Å². The first-order valence-electron chi connectivity index (χ1n) is 3.81. The van der Waals surface area contributed by atoms with E-state index in [9.17, 15) is 4.79 Å². The summed E-state index contributed by atoms with van der Waals surface area (Å²) in [6.45, 7) is 1.33. The average Bonchev–Trinajstić information content (AvgIpc) is 2.08. The quantitative estimate of drug-likeness (QED) is 0.556. The fourth-order valence-corrected chi connectivity index (χ4v) is 0.794. The van der Waals surface area contributed by atoms with Crippen LogP contribution in [0.15, 0.2) is 30.5 Å². The predicted molar refractivity (Wildman–Crippen MR) is 48.9 cm³/mol. The Morgan fingerprint density at radius 1 is 1.38 bits per heavy atom. The van der Waals surface area contributed by atoms with Crippen LogP contribution in [0.5, 0.6) is 5.75 Å². The number of carbonyl (C=O) groups is 1. The van der Waals surface area contributed by atoms with Crippen LogP contribution in [-0.4, -0.2) is 11.1 Å². The zero-order valence-electron chi connectivity index (χ0n) is 7.23. The molecule has 3 nitrogen and oxygen atoms in total. The van der Waals surface area contributed by atoms with Crippen LogP contribution in [0, 0.1) is 0 Å². The molecular formula is C10H10O3. The second-order valence-electron chi connectivity index (χ2n) is 2.50. The van der Waals surface area contributed by atoms with Crippen molar-refractivity contribution in [3.8, 4) is 5.75 Å². The van der Waals surface area contributed by atoms with Crippen molar-refractivity contribution in [2.24, 2.45) is 0 Å². The highest BCUT2D eigenvalue weighted by Crippen LogP contribution is 2.10. The molecule has 0 bridgehead atoms. The van der Waals surface area contributed by atoms with E-state index in [1.165, 1.54) is 13.2 Å². The maximum atomic E-state index is 10.4. The zero-order chi connectivity index (χ0) is 9.68. The summed E-state index contributed by atoms with van der Waals surface area (Å²) >= 11 is 0. The van der Waals surface area contributed by atoms with Gasteiger partial charge >= 0.3 is 5.97 Å². The van der Waals surface area contributed by atoms with Crippen LogP contribution in [0.25, 0.3) is 6.08 Å². The topological polar surface area (TPSA) is 46.5 Å². The van der Waals surface area contributed by atoms with Gasteiger partial charge in [0.1, 0.15) is 5.75 Å². The monoisotopic (exact) mass is 178 g/mol. The first-order valence-corrected chi connectivity index (χ1v) is 3.81. The van der Waals surface area contributed by atoms with Crippen molar-refractivity contribution in [3.63, 3.8) is 0 Å². The van der Waals surface area contributed by atoms with Crippen LogP contribution in [-0.2, 0) is 9.53 Å². The first kappa shape index (κ1) is 9.32. The molecule has 0 aromatic heterocycles. The van der Waals surface area contributed by atoms with Gasteiger partial charge in [0.15, 0.2) is 0 Å². The van der Waals surface area contributed by atoms with Crippen molar-refractivity contribution in [2.45, 2.75) is 6.92 Å². The van der Waals surface area contributed by atoms with Crippen LogP contribution in [0.4, 0.5) is 0 Å². The van der Waals surface area contributed by atoms with Crippen LogP contribution in [0.2, 0.25) is 0 Å². The molecule has 0 unspecified atom stereocenters. The second-order valence-corrected chi connectivity index (χ2v) is 2.50. The summed E-state index contributed by atoms with van der Waals surface area (Å²) in [5.41, 5.74) is 0.860. The minimum Gasteiger partial charge on any atom is -0.508 e. The molecule has 68 valence electrons. The van der Waals surface area contributed by atoms with E-state index in [4.69, 9.17) is 5.11 Å². The lowest BCUT2D eigenvalue weighted by molar-refractivity contribution is -0.135. The highest BCUT2D eigenvalue weighted by Gasteiger charge is 1.88. The minimum atomic E-state index is -0.352. The van der Waals surface area contributed by atoms with Gasteiger partial charge in [0, 0.05) is 6.92 Å². The Labute approximate surface area is 76.3 Å². The molecule has 1 aromatic carbocycles. The molecule has 0 saturated carbocycles. The van der Waals surface area contributed by atoms with Gasteiger partial charge < -0.3 is 9.84 Å². The average molecular weight is 178 g/mol. The summed E-state index contributed by atoms with van der Waals surface area (Å²) in [5.74, 6) is -0.139. The van der Waals surface area contributed by atoms with E-state index in [2.05, 4.69) is 4.74 Å². The minimum absolute atomic E-state index is 0.213. The Bertz CT molecular complexity index is 311. The lowest BCUT2D eigenvalue weighted by Gasteiger charge is -1.94. The number of hydrogen-bond donors (Lipinski definition) is 1. The van der Waals surface area contributed by atoms with Gasteiger partial charge in [0.2, 0.25) is 0 Å². The van der Waals surface area contributed by atoms with Crippen molar-refractivity contribution in [1.82, 2.24) is 0 Å². The number of phenolic OH excluding ortho intramolecular Hbond substituents is 1. The Balaban J connectivity index is 2.59. The SMILES string of the molecule is CC(=O)OC=Cc1ccc(O)cc1. The molecule has 1 aromatic rings. The van der Waals surface area contributed by atoms with Crippen molar-refractivity contribution in [2.75, 3.05) is 0 Å². The molecule has 0 saturated heterocycles. The summed E-state index contributed by atoms with van der Waals surface area (Å²) in [6, 6.07) is 6.56. The summed E-state index contributed by atoms with van der Waals surface area (Å²) in [5, 5.41) is 8.96. The molecule has 0 amide bonds. The molecule has 1 N–H and O–H groups in total. The van der Waals surface area contributed by atoms with Gasteiger partial charge in [0.25, 0.3) is 0 Å². The fraction of sp³-hybridized carbons (Fsp3) is 0.100. The van der Waals surface area contributed by atoms with E-state index in [-0.39, 0.29) is 11.7 Å². The largest absolute Gasteiger partial charge is 0.508 e. The maximum Gasteiger partial charge on any atom is 0.307 e. The van der Waals surface area contributed by atoms with E-state index < -0.39 is 0 Å². The van der Waals surface area contributed by atoms with E-state index in [0.717, 1.165) is 5.56 Å². The molecule has 0 atom stereocenters. The number of aromatic hydroxyl groups is 1. The third-order valence-corrected chi connectivity index (χ3v) is 1.39. The summed E-state index contributed by atoms with van der Waals surface area (Å²) in [6.07, 6.45) is 2.95. The highest BCUT2D eigenvalue weighted by molar-refractivity contribution is 5.67. The number of hydrogen-bond acceptors (Lipinski definition) is 3. The number of ether oxygens (including phenoxy) is 1. The van der Waals surface area contributed by atoms with Crippen LogP contribution in [0.1, 0.15) is 12.5 Å². The van der Waals surface area contributed by atoms with Crippen LogP contribution >= 0.6 is 0 Å². The van der Waals surface area contributed by atoms with Gasteiger partial charge in [-0.1, -0.05) is 12.1 Å². The van der Waals surface area contributed by atoms with Crippen molar-refractivity contribution >= 4 is 12.0 Å². The second kappa shape index (κ2) is 4.30. The molecule has 1 rings (SSSR count). The van der Waals surface area contributed by atoms with E-state index in [1.54, 1.807) is 30.3 Å². The van der Waals surface area contributed by atoms with Gasteiger partial charge in [-0.15, -0.1) is 0 Å². The smallest absolute Gasteiger partial charge is 0.307 e. The standard InChI is InChI=1S/C10H10O3/c1-8(11)13-7-6-9-2-4-10(12)5-3-9/h2-7,12H,1H3.